The van der Waals surface area contributed by atoms with E-state index in [4.69, 9.17) is 14.2 Å². The number of amides is 4. The molecule has 2 atom stereocenters. The van der Waals surface area contributed by atoms with Crippen LogP contribution in [0, 0.1) is 0 Å². The molecule has 0 spiro atoms. The minimum absolute atomic E-state index is 0.00422. The maximum atomic E-state index is 14.1. The van der Waals surface area contributed by atoms with Gasteiger partial charge in [0.15, 0.2) is 0 Å². The molecule has 0 aromatic heterocycles. The summed E-state index contributed by atoms with van der Waals surface area (Å²) in [5.74, 6) is -1.59. The van der Waals surface area contributed by atoms with Crippen LogP contribution in [-0.2, 0) is 36.9 Å². The molecule has 0 aliphatic carbocycles. The van der Waals surface area contributed by atoms with Crippen molar-refractivity contribution < 1.29 is 43.3 Å². The van der Waals surface area contributed by atoms with Crippen LogP contribution in [0.4, 0.5) is 9.59 Å². The summed E-state index contributed by atoms with van der Waals surface area (Å²) in [6, 6.07) is 14.0. The lowest BCUT2D eigenvalue weighted by Crippen LogP contribution is -2.63. The summed E-state index contributed by atoms with van der Waals surface area (Å²) in [6.07, 6.45) is -0.879. The Morgan fingerprint density at radius 3 is 2.29 bits per heavy atom. The first kappa shape index (κ1) is 34.7. The Bertz CT molecular complexity index is 1310. The van der Waals surface area contributed by atoms with Gasteiger partial charge in [-0.3, -0.25) is 14.4 Å². The van der Waals surface area contributed by atoms with Crippen LogP contribution in [0.1, 0.15) is 44.7 Å². The number of rotatable bonds is 13. The number of methoxy groups -OCH3 is 1. The average Bonchev–Trinajstić information content (AvgIpc) is 2.99. The molecular weight excluding hydrogens is 584 g/mol. The van der Waals surface area contributed by atoms with Gasteiger partial charge in [-0.2, -0.15) is 0 Å². The van der Waals surface area contributed by atoms with Crippen molar-refractivity contribution in [1.29, 1.82) is 0 Å². The third kappa shape index (κ3) is 11.3. The Hall–Kier alpha value is -4.81. The van der Waals surface area contributed by atoms with Crippen LogP contribution >= 0.6 is 0 Å². The van der Waals surface area contributed by atoms with E-state index in [9.17, 15) is 29.1 Å². The normalized spacial score (nSPS) is 15.6. The number of nitrogens with one attached hydrogen (secondary N) is 2. The van der Waals surface area contributed by atoms with E-state index in [0.717, 1.165) is 11.1 Å². The maximum Gasteiger partial charge on any atom is 0.408 e. The van der Waals surface area contributed by atoms with Gasteiger partial charge in [0.05, 0.1) is 7.11 Å². The molecule has 1 aliphatic rings. The maximum absolute atomic E-state index is 14.1. The number of nitrogens with zero attached hydrogens (tertiary/aromatic N) is 2. The predicted octanol–water partition coefficient (Wildman–Crippen LogP) is 2.96. The minimum Gasteiger partial charge on any atom is -0.497 e. The number of ether oxygens (including phenoxy) is 3. The second-order valence-corrected chi connectivity index (χ2v) is 11.6. The smallest absolute Gasteiger partial charge is 0.408 e. The summed E-state index contributed by atoms with van der Waals surface area (Å²) >= 11 is 0. The number of alkyl carbamates (subject to hydrolysis) is 2. The first-order valence-electron chi connectivity index (χ1n) is 14.7. The zero-order valence-corrected chi connectivity index (χ0v) is 26.1. The van der Waals surface area contributed by atoms with Crippen molar-refractivity contribution in [3.8, 4) is 5.75 Å². The van der Waals surface area contributed by atoms with Crippen molar-refractivity contribution in [3.63, 3.8) is 0 Å². The molecule has 2 aromatic carbocycles. The number of hydrogen-bond acceptors (Lipinski definition) is 8. The highest BCUT2D eigenvalue weighted by Gasteiger charge is 2.40. The number of aliphatic carboxylic acids is 1. The molecule has 244 valence electrons. The number of carbonyl (C=O) groups excluding carboxylic acids is 4. The van der Waals surface area contributed by atoms with Gasteiger partial charge in [0, 0.05) is 26.1 Å². The average molecular weight is 627 g/mol. The lowest BCUT2D eigenvalue weighted by molar-refractivity contribution is -0.156. The third-order valence-electron chi connectivity index (χ3n) is 6.92. The molecule has 13 heteroatoms. The highest BCUT2D eigenvalue weighted by atomic mass is 16.6. The number of carboxylic acid groups (broad SMARTS) is 1. The number of piperazine rings is 1. The number of benzene rings is 2. The van der Waals surface area contributed by atoms with Crippen LogP contribution in [0.2, 0.25) is 0 Å². The Labute approximate surface area is 262 Å². The van der Waals surface area contributed by atoms with Crippen molar-refractivity contribution in [3.05, 3.63) is 65.7 Å². The molecule has 1 saturated heterocycles. The van der Waals surface area contributed by atoms with E-state index in [1.54, 1.807) is 57.2 Å². The molecule has 45 heavy (non-hydrogen) atoms. The van der Waals surface area contributed by atoms with Crippen LogP contribution in [0.15, 0.2) is 54.6 Å². The molecule has 0 saturated carbocycles. The van der Waals surface area contributed by atoms with Gasteiger partial charge < -0.3 is 39.8 Å². The number of hydrogen-bond donors (Lipinski definition) is 3. The lowest BCUT2D eigenvalue weighted by Gasteiger charge is -2.41. The van der Waals surface area contributed by atoms with Crippen LogP contribution in [0.3, 0.4) is 0 Å². The zero-order valence-electron chi connectivity index (χ0n) is 26.1. The topological polar surface area (TPSA) is 164 Å². The summed E-state index contributed by atoms with van der Waals surface area (Å²) < 4.78 is 15.8. The van der Waals surface area contributed by atoms with Gasteiger partial charge in [0.2, 0.25) is 11.8 Å². The second-order valence-electron chi connectivity index (χ2n) is 11.6. The van der Waals surface area contributed by atoms with Crippen molar-refractivity contribution >= 4 is 30.0 Å². The summed E-state index contributed by atoms with van der Waals surface area (Å²) in [5, 5.41) is 14.6. The summed E-state index contributed by atoms with van der Waals surface area (Å²) in [7, 11) is 1.54. The fourth-order valence-corrected chi connectivity index (χ4v) is 4.81. The summed E-state index contributed by atoms with van der Waals surface area (Å²) in [6.45, 7) is 4.94. The molecule has 1 aliphatic heterocycles. The Kier molecular flexibility index (Phi) is 12.6. The van der Waals surface area contributed by atoms with E-state index in [1.807, 2.05) is 18.2 Å². The Morgan fingerprint density at radius 1 is 0.978 bits per heavy atom. The minimum atomic E-state index is -1.17. The first-order valence-corrected chi connectivity index (χ1v) is 14.7. The van der Waals surface area contributed by atoms with Crippen molar-refractivity contribution in [2.75, 3.05) is 33.3 Å². The lowest BCUT2D eigenvalue weighted by atomic mass is 10.00. The van der Waals surface area contributed by atoms with Crippen LogP contribution < -0.4 is 15.4 Å². The standard InChI is InChI=1S/C32H42N4O9/c1-32(2,3)45-30(41)33-16-8-11-26-29(40)35(20-27(37)38)17-18-36(26)28(39)25(19-22-12-14-24(43-4)15-13-22)34-31(42)44-21-23-9-6-5-7-10-23/h5-7,9-10,12-15,25-26H,8,11,16-21H2,1-4H3,(H,33,41)(H,34,42)(H,37,38)/t25-,26-/m0/s1. The molecule has 13 nitrogen and oxygen atoms in total. The van der Waals surface area contributed by atoms with Gasteiger partial charge >= 0.3 is 18.2 Å². The zero-order chi connectivity index (χ0) is 33.0. The predicted molar refractivity (Wildman–Crippen MR) is 163 cm³/mol. The van der Waals surface area contributed by atoms with E-state index >= 15 is 0 Å². The van der Waals surface area contributed by atoms with E-state index in [2.05, 4.69) is 10.6 Å². The SMILES string of the molecule is COc1ccc(C[C@H](NC(=O)OCc2ccccc2)C(=O)N2CCN(CC(=O)O)C(=O)[C@@H]2CCCNC(=O)OC(C)(C)C)cc1. The number of carboxylic acids is 1. The van der Waals surface area contributed by atoms with Crippen LogP contribution in [0.25, 0.3) is 0 Å². The fraction of sp³-hybridized carbons (Fsp3) is 0.469. The summed E-state index contributed by atoms with van der Waals surface area (Å²) in [5.41, 5.74) is 0.815. The Balaban J connectivity index is 1.78. The van der Waals surface area contributed by atoms with Crippen molar-refractivity contribution in [2.24, 2.45) is 0 Å². The molecular formula is C32H42N4O9. The monoisotopic (exact) mass is 626 g/mol. The molecule has 2 aromatic rings. The van der Waals surface area contributed by atoms with Crippen LogP contribution in [-0.4, -0.2) is 95.9 Å². The third-order valence-corrected chi connectivity index (χ3v) is 6.92. The molecule has 1 heterocycles. The molecule has 3 N–H and O–H groups in total. The highest BCUT2D eigenvalue weighted by molar-refractivity contribution is 5.93. The van der Waals surface area contributed by atoms with Gasteiger partial charge in [0.25, 0.3) is 0 Å². The number of carbonyl (C=O) groups is 5. The van der Waals surface area contributed by atoms with Gasteiger partial charge in [-0.25, -0.2) is 9.59 Å². The largest absolute Gasteiger partial charge is 0.497 e. The van der Waals surface area contributed by atoms with E-state index in [0.29, 0.717) is 12.2 Å². The van der Waals surface area contributed by atoms with Crippen molar-refractivity contribution in [2.45, 2.75) is 64.3 Å². The molecule has 0 bridgehead atoms. The van der Waals surface area contributed by atoms with Crippen molar-refractivity contribution in [1.82, 2.24) is 20.4 Å². The molecule has 3 rings (SSSR count). The molecule has 0 radical (unpaired) electrons. The molecule has 0 unspecified atom stereocenters. The highest BCUT2D eigenvalue weighted by Crippen LogP contribution is 2.20. The Morgan fingerprint density at radius 2 is 1.67 bits per heavy atom. The van der Waals surface area contributed by atoms with E-state index in [-0.39, 0.29) is 39.1 Å². The van der Waals surface area contributed by atoms with Gasteiger partial charge in [-0.1, -0.05) is 42.5 Å². The first-order chi connectivity index (χ1) is 21.4. The summed E-state index contributed by atoms with van der Waals surface area (Å²) in [4.78, 5) is 66.5. The van der Waals surface area contributed by atoms with Gasteiger partial charge in [0.1, 0.15) is 36.6 Å². The van der Waals surface area contributed by atoms with Crippen LogP contribution in [0.5, 0.6) is 5.75 Å². The van der Waals surface area contributed by atoms with Gasteiger partial charge in [-0.15, -0.1) is 0 Å². The quantitative estimate of drug-likeness (QED) is 0.284. The fourth-order valence-electron chi connectivity index (χ4n) is 4.81. The second kappa shape index (κ2) is 16.3. The van der Waals surface area contributed by atoms with E-state index in [1.165, 1.54) is 16.9 Å². The van der Waals surface area contributed by atoms with Gasteiger partial charge in [-0.05, 0) is 56.9 Å². The molecule has 1 fully saturated rings. The van der Waals surface area contributed by atoms with E-state index < -0.39 is 54.2 Å². The molecule has 4 amide bonds.